The van der Waals surface area contributed by atoms with Crippen LogP contribution in [-0.2, 0) is 0 Å². The minimum Gasteiger partial charge on any atom is -0.366 e. The lowest BCUT2D eigenvalue weighted by Crippen LogP contribution is -2.27. The van der Waals surface area contributed by atoms with Gasteiger partial charge in [-0.05, 0) is 23.9 Å². The van der Waals surface area contributed by atoms with E-state index in [1.54, 1.807) is 0 Å². The number of anilines is 1. The van der Waals surface area contributed by atoms with E-state index in [-0.39, 0.29) is 5.12 Å². The zero-order chi connectivity index (χ0) is 13.9. The Labute approximate surface area is 122 Å². The Balaban J connectivity index is 1.83. The second-order valence-corrected chi connectivity index (χ2v) is 5.65. The predicted octanol–water partition coefficient (Wildman–Crippen LogP) is 3.74. The summed E-state index contributed by atoms with van der Waals surface area (Å²) >= 11 is 1.21. The second-order valence-electron chi connectivity index (χ2n) is 4.61. The molecule has 0 aliphatic carbocycles. The molecular formula is C16H14N2OS. The maximum Gasteiger partial charge on any atom is 0.225 e. The quantitative estimate of drug-likeness (QED) is 0.798. The van der Waals surface area contributed by atoms with E-state index in [0.29, 0.717) is 12.1 Å². The van der Waals surface area contributed by atoms with E-state index in [9.17, 15) is 4.79 Å². The van der Waals surface area contributed by atoms with Gasteiger partial charge in [-0.25, -0.2) is 4.99 Å². The summed E-state index contributed by atoms with van der Waals surface area (Å²) in [5.41, 5.74) is 2.73. The first-order valence-corrected chi connectivity index (χ1v) is 7.20. The van der Waals surface area contributed by atoms with Crippen molar-refractivity contribution < 1.29 is 4.79 Å². The second kappa shape index (κ2) is 5.51. The molecule has 100 valence electrons. The van der Waals surface area contributed by atoms with Crippen LogP contribution in [0.25, 0.3) is 0 Å². The molecule has 0 atom stereocenters. The number of benzene rings is 2. The third kappa shape index (κ3) is 2.60. The molecule has 3 nitrogen and oxygen atoms in total. The summed E-state index contributed by atoms with van der Waals surface area (Å²) in [4.78, 5) is 18.9. The smallest absolute Gasteiger partial charge is 0.225 e. The molecule has 2 aromatic rings. The maximum atomic E-state index is 12.2. The lowest BCUT2D eigenvalue weighted by Gasteiger charge is -2.25. The van der Waals surface area contributed by atoms with E-state index in [1.165, 1.54) is 11.8 Å². The maximum absolute atomic E-state index is 12.2. The number of hydrogen-bond acceptors (Lipinski definition) is 4. The van der Waals surface area contributed by atoms with Crippen LogP contribution in [0, 0.1) is 0 Å². The van der Waals surface area contributed by atoms with Gasteiger partial charge in [0.1, 0.15) is 5.04 Å². The molecule has 1 aliphatic heterocycles. The van der Waals surface area contributed by atoms with Gasteiger partial charge in [0, 0.05) is 12.6 Å². The van der Waals surface area contributed by atoms with Crippen LogP contribution in [0.3, 0.4) is 0 Å². The summed E-state index contributed by atoms with van der Waals surface area (Å²) in [6, 6.07) is 17.3. The van der Waals surface area contributed by atoms with Gasteiger partial charge in [0.15, 0.2) is 0 Å². The van der Waals surface area contributed by atoms with Gasteiger partial charge in [0.05, 0.1) is 17.9 Å². The van der Waals surface area contributed by atoms with Crippen molar-refractivity contribution in [1.29, 1.82) is 0 Å². The van der Waals surface area contributed by atoms with Crippen LogP contribution < -0.4 is 4.90 Å². The van der Waals surface area contributed by atoms with Crippen LogP contribution in [0.4, 0.5) is 11.4 Å². The molecule has 3 rings (SSSR count). The summed E-state index contributed by atoms with van der Waals surface area (Å²) in [5.74, 6) is 0. The van der Waals surface area contributed by atoms with Crippen molar-refractivity contribution in [1.82, 2.24) is 0 Å². The Kier molecular flexibility index (Phi) is 3.56. The molecule has 4 heteroatoms. The third-order valence-corrected chi connectivity index (χ3v) is 4.01. The van der Waals surface area contributed by atoms with Gasteiger partial charge in [-0.15, -0.1) is 0 Å². The lowest BCUT2D eigenvalue weighted by atomic mass is 10.2. The Bertz CT molecular complexity index is 667. The first-order chi connectivity index (χ1) is 9.74. The molecule has 2 aromatic carbocycles. The SMILES string of the molecule is CN1CC(SC(=O)c2ccccc2)=Nc2ccccc21. The number of carbonyl (C=O) groups excluding carboxylic acids is 1. The van der Waals surface area contributed by atoms with Crippen LogP contribution in [0.1, 0.15) is 10.4 Å². The first kappa shape index (κ1) is 12.9. The van der Waals surface area contributed by atoms with Crippen molar-refractivity contribution in [3.8, 4) is 0 Å². The highest BCUT2D eigenvalue weighted by molar-refractivity contribution is 8.26. The zero-order valence-corrected chi connectivity index (χ0v) is 11.9. The highest BCUT2D eigenvalue weighted by Gasteiger charge is 2.19. The van der Waals surface area contributed by atoms with Gasteiger partial charge in [0.25, 0.3) is 0 Å². The van der Waals surface area contributed by atoms with Crippen molar-refractivity contribution >= 4 is 33.3 Å². The fourth-order valence-electron chi connectivity index (χ4n) is 2.13. The highest BCUT2D eigenvalue weighted by Crippen LogP contribution is 2.33. The monoisotopic (exact) mass is 282 g/mol. The van der Waals surface area contributed by atoms with Gasteiger partial charge in [0.2, 0.25) is 5.12 Å². The summed E-state index contributed by atoms with van der Waals surface area (Å²) in [5, 5.41) is 0.872. The van der Waals surface area contributed by atoms with E-state index in [1.807, 2.05) is 61.6 Å². The molecule has 1 heterocycles. The molecule has 0 unspecified atom stereocenters. The molecular weight excluding hydrogens is 268 g/mol. The number of fused-ring (bicyclic) bond motifs is 1. The lowest BCUT2D eigenvalue weighted by molar-refractivity contribution is 0.109. The van der Waals surface area contributed by atoms with Crippen molar-refractivity contribution in [2.45, 2.75) is 0 Å². The molecule has 0 N–H and O–H groups in total. The average Bonchev–Trinajstić information content (AvgIpc) is 2.48. The van der Waals surface area contributed by atoms with E-state index in [0.717, 1.165) is 16.4 Å². The van der Waals surface area contributed by atoms with Crippen LogP contribution in [0.2, 0.25) is 0 Å². The zero-order valence-electron chi connectivity index (χ0n) is 11.1. The molecule has 0 saturated carbocycles. The summed E-state index contributed by atoms with van der Waals surface area (Å²) in [7, 11) is 2.01. The number of aliphatic imine (C=N–C) groups is 1. The fraction of sp³-hybridized carbons (Fsp3) is 0.125. The Morgan fingerprint density at radius 2 is 1.80 bits per heavy atom. The van der Waals surface area contributed by atoms with Gasteiger partial charge in [-0.2, -0.15) is 0 Å². The van der Waals surface area contributed by atoms with Crippen LogP contribution in [0.15, 0.2) is 59.6 Å². The van der Waals surface area contributed by atoms with Crippen molar-refractivity contribution in [3.63, 3.8) is 0 Å². The van der Waals surface area contributed by atoms with Gasteiger partial charge >= 0.3 is 0 Å². The Morgan fingerprint density at radius 1 is 1.10 bits per heavy atom. The molecule has 20 heavy (non-hydrogen) atoms. The van der Waals surface area contributed by atoms with E-state index in [2.05, 4.69) is 9.89 Å². The summed E-state index contributed by atoms with van der Waals surface area (Å²) in [6.45, 7) is 0.667. The Hall–Kier alpha value is -2.07. The predicted molar refractivity (Wildman–Crippen MR) is 85.2 cm³/mol. The van der Waals surface area contributed by atoms with Crippen molar-refractivity contribution in [2.24, 2.45) is 4.99 Å². The molecule has 0 radical (unpaired) electrons. The van der Waals surface area contributed by atoms with Gasteiger partial charge in [-0.3, -0.25) is 4.79 Å². The number of para-hydroxylation sites is 2. The minimum atomic E-state index is 0.0390. The highest BCUT2D eigenvalue weighted by atomic mass is 32.2. The van der Waals surface area contributed by atoms with E-state index < -0.39 is 0 Å². The molecule has 0 bridgehead atoms. The van der Waals surface area contributed by atoms with Crippen LogP contribution >= 0.6 is 11.8 Å². The topological polar surface area (TPSA) is 32.7 Å². The molecule has 0 saturated heterocycles. The van der Waals surface area contributed by atoms with Crippen molar-refractivity contribution in [2.75, 3.05) is 18.5 Å². The van der Waals surface area contributed by atoms with Gasteiger partial charge < -0.3 is 4.90 Å². The number of rotatable bonds is 1. The fourth-order valence-corrected chi connectivity index (χ4v) is 3.00. The largest absolute Gasteiger partial charge is 0.366 e. The minimum absolute atomic E-state index is 0.0390. The number of thioether (sulfide) groups is 1. The standard InChI is InChI=1S/C16H14N2OS/c1-18-11-15(17-13-9-5-6-10-14(13)18)20-16(19)12-7-3-2-4-8-12/h2-10H,11H2,1H3. The van der Waals surface area contributed by atoms with Crippen molar-refractivity contribution in [3.05, 3.63) is 60.2 Å². The molecule has 0 fully saturated rings. The normalized spacial score (nSPS) is 13.7. The number of hydrogen-bond donors (Lipinski definition) is 0. The Morgan fingerprint density at radius 3 is 2.60 bits per heavy atom. The summed E-state index contributed by atoms with van der Waals surface area (Å²) in [6.07, 6.45) is 0. The third-order valence-electron chi connectivity index (χ3n) is 3.13. The average molecular weight is 282 g/mol. The van der Waals surface area contributed by atoms with Crippen LogP contribution in [-0.4, -0.2) is 23.8 Å². The number of nitrogens with zero attached hydrogens (tertiary/aromatic N) is 2. The first-order valence-electron chi connectivity index (χ1n) is 6.39. The molecule has 1 aliphatic rings. The molecule has 0 aromatic heterocycles. The summed E-state index contributed by atoms with van der Waals surface area (Å²) < 4.78 is 0. The van der Waals surface area contributed by atoms with E-state index >= 15 is 0 Å². The van der Waals surface area contributed by atoms with E-state index in [4.69, 9.17) is 0 Å². The molecule has 0 spiro atoms. The number of carbonyl (C=O) groups is 1. The van der Waals surface area contributed by atoms with Crippen LogP contribution in [0.5, 0.6) is 0 Å². The van der Waals surface area contributed by atoms with Gasteiger partial charge in [-0.1, -0.05) is 42.5 Å². The molecule has 0 amide bonds.